The number of carbonyl (C=O) groups excluding carboxylic acids is 2. The van der Waals surface area contributed by atoms with Gasteiger partial charge in [0.1, 0.15) is 22.9 Å². The molecule has 0 aliphatic heterocycles. The average Bonchev–Trinajstić information content (AvgIpc) is 4.02. The number of carboxylic acids is 1. The Morgan fingerprint density at radius 3 is 1.89 bits per heavy atom. The zero-order valence-electron chi connectivity index (χ0n) is 33.8. The third-order valence-corrected chi connectivity index (χ3v) is 10.6. The molecule has 5 rings (SSSR count). The summed E-state index contributed by atoms with van der Waals surface area (Å²) in [5.41, 5.74) is 3.80. The molecule has 330 valence electrons. The predicted octanol–water partition coefficient (Wildman–Crippen LogP) is 4.75. The third-order valence-electron chi connectivity index (χ3n) is 9.30. The first-order chi connectivity index (χ1) is 29.5. The number of nitrogens with one attached hydrogen (secondary N) is 2. The number of carboxylic acid groups (broad SMARTS) is 1. The molecule has 18 heteroatoms. The van der Waals surface area contributed by atoms with E-state index in [1.807, 2.05) is 6.07 Å². The molecule has 0 radical (unpaired) electrons. The topological polar surface area (TPSA) is 218 Å². The number of aliphatic carboxylic acids is 1. The van der Waals surface area contributed by atoms with Crippen molar-refractivity contribution in [2.24, 2.45) is 0 Å². The van der Waals surface area contributed by atoms with Gasteiger partial charge in [0.2, 0.25) is 10.0 Å². The van der Waals surface area contributed by atoms with Gasteiger partial charge in [-0.3, -0.25) is 9.59 Å². The first-order valence-electron chi connectivity index (χ1n) is 19.7. The van der Waals surface area contributed by atoms with Gasteiger partial charge < -0.3 is 48.4 Å². The van der Waals surface area contributed by atoms with Crippen molar-refractivity contribution in [2.45, 2.75) is 31.1 Å². The SMILES string of the molecule is CNC(=O)c1c(-c2ccc(F)cc2)oc2cc(CS(=O)(=O)NCCOCCOCCOCCOCCOCCOCc3ccc(/C(O)=C/C(=O)C(=O)O)cc3)c(C3CC3)cc12. The van der Waals surface area contributed by atoms with Crippen LogP contribution in [0.1, 0.15) is 51.4 Å². The molecule has 0 saturated heterocycles. The van der Waals surface area contributed by atoms with Crippen molar-refractivity contribution in [2.75, 3.05) is 86.3 Å². The summed E-state index contributed by atoms with van der Waals surface area (Å²) in [6.07, 6.45) is 2.49. The fraction of sp³-hybridized carbons (Fsp3) is 0.419. The Kier molecular flexibility index (Phi) is 18.4. The van der Waals surface area contributed by atoms with Gasteiger partial charge in [0.25, 0.3) is 11.7 Å². The molecule has 1 fully saturated rings. The van der Waals surface area contributed by atoms with E-state index in [9.17, 15) is 32.3 Å². The van der Waals surface area contributed by atoms with Crippen LogP contribution in [0.25, 0.3) is 28.1 Å². The normalized spacial score (nSPS) is 13.2. The van der Waals surface area contributed by atoms with E-state index in [-0.39, 0.29) is 43.1 Å². The van der Waals surface area contributed by atoms with Gasteiger partial charge in [-0.1, -0.05) is 24.3 Å². The fourth-order valence-corrected chi connectivity index (χ4v) is 7.27. The van der Waals surface area contributed by atoms with E-state index in [0.29, 0.717) is 105 Å². The van der Waals surface area contributed by atoms with Crippen molar-refractivity contribution >= 4 is 44.4 Å². The highest BCUT2D eigenvalue weighted by atomic mass is 32.2. The molecule has 1 aliphatic rings. The number of ether oxygens (including phenoxy) is 6. The van der Waals surface area contributed by atoms with E-state index >= 15 is 0 Å². The van der Waals surface area contributed by atoms with E-state index in [4.69, 9.17) is 37.9 Å². The van der Waals surface area contributed by atoms with Gasteiger partial charge in [-0.05, 0) is 71.8 Å². The van der Waals surface area contributed by atoms with Gasteiger partial charge in [-0.15, -0.1) is 0 Å². The lowest BCUT2D eigenvalue weighted by Gasteiger charge is -2.12. The van der Waals surface area contributed by atoms with Crippen LogP contribution < -0.4 is 10.0 Å². The molecule has 16 nitrogen and oxygen atoms in total. The first-order valence-corrected chi connectivity index (χ1v) is 21.4. The van der Waals surface area contributed by atoms with Crippen LogP contribution in [0.2, 0.25) is 0 Å². The minimum Gasteiger partial charge on any atom is -0.507 e. The number of ketones is 1. The molecule has 1 aliphatic carbocycles. The van der Waals surface area contributed by atoms with Gasteiger partial charge in [-0.25, -0.2) is 22.3 Å². The molecule has 4 aromatic rings. The number of amides is 1. The zero-order valence-corrected chi connectivity index (χ0v) is 34.6. The average molecular weight is 871 g/mol. The molecule has 0 atom stereocenters. The molecule has 3 aromatic carbocycles. The lowest BCUT2D eigenvalue weighted by molar-refractivity contribution is -0.146. The highest BCUT2D eigenvalue weighted by Gasteiger charge is 2.31. The number of halogens is 1. The minimum absolute atomic E-state index is 0.0785. The van der Waals surface area contributed by atoms with Crippen LogP contribution >= 0.6 is 0 Å². The van der Waals surface area contributed by atoms with Crippen molar-refractivity contribution in [3.63, 3.8) is 0 Å². The van der Waals surface area contributed by atoms with Crippen LogP contribution in [0.4, 0.5) is 4.39 Å². The van der Waals surface area contributed by atoms with Crippen molar-refractivity contribution in [3.8, 4) is 11.3 Å². The summed E-state index contributed by atoms with van der Waals surface area (Å²) in [7, 11) is -2.22. The number of furan rings is 1. The van der Waals surface area contributed by atoms with Crippen molar-refractivity contribution in [3.05, 3.63) is 100 Å². The van der Waals surface area contributed by atoms with Gasteiger partial charge in [0, 0.05) is 36.2 Å². The molecular weight excluding hydrogens is 820 g/mol. The number of rotatable bonds is 29. The maximum absolute atomic E-state index is 13.6. The van der Waals surface area contributed by atoms with Gasteiger partial charge in [0.05, 0.1) is 90.6 Å². The predicted molar refractivity (Wildman–Crippen MR) is 221 cm³/mol. The lowest BCUT2D eigenvalue weighted by Crippen LogP contribution is -2.29. The van der Waals surface area contributed by atoms with Crippen LogP contribution in [0.5, 0.6) is 0 Å². The van der Waals surface area contributed by atoms with Crippen LogP contribution in [-0.4, -0.2) is 123 Å². The molecule has 0 unspecified atom stereocenters. The van der Waals surface area contributed by atoms with Gasteiger partial charge in [0.15, 0.2) is 0 Å². The maximum atomic E-state index is 13.6. The largest absolute Gasteiger partial charge is 0.507 e. The molecule has 0 bridgehead atoms. The van der Waals surface area contributed by atoms with E-state index in [1.165, 1.54) is 31.3 Å². The Morgan fingerprint density at radius 2 is 1.34 bits per heavy atom. The Bertz CT molecular complexity index is 2200. The molecule has 61 heavy (non-hydrogen) atoms. The van der Waals surface area contributed by atoms with Crippen LogP contribution in [0.15, 0.2) is 71.2 Å². The monoisotopic (exact) mass is 870 g/mol. The minimum atomic E-state index is -3.74. The Labute approximate surface area is 353 Å². The summed E-state index contributed by atoms with van der Waals surface area (Å²) < 4.78 is 81.6. The smallest absolute Gasteiger partial charge is 0.376 e. The van der Waals surface area contributed by atoms with E-state index in [0.717, 1.165) is 24.0 Å². The highest BCUT2D eigenvalue weighted by Crippen LogP contribution is 2.45. The molecule has 1 heterocycles. The molecule has 1 saturated carbocycles. The second-order valence-electron chi connectivity index (χ2n) is 13.9. The number of fused-ring (bicyclic) bond motifs is 1. The highest BCUT2D eigenvalue weighted by molar-refractivity contribution is 7.88. The molecule has 0 spiro atoms. The number of aliphatic hydroxyl groups excluding tert-OH is 1. The van der Waals surface area contributed by atoms with Crippen LogP contribution in [0.3, 0.4) is 0 Å². The van der Waals surface area contributed by atoms with Crippen LogP contribution in [-0.2, 0) is 60.4 Å². The second-order valence-corrected chi connectivity index (χ2v) is 15.7. The summed E-state index contributed by atoms with van der Waals surface area (Å²) in [6, 6.07) is 15.7. The third kappa shape index (κ3) is 15.1. The van der Waals surface area contributed by atoms with Gasteiger partial charge >= 0.3 is 5.97 Å². The number of hydrogen-bond donors (Lipinski definition) is 4. The van der Waals surface area contributed by atoms with Crippen LogP contribution in [0, 0.1) is 5.82 Å². The fourth-order valence-electron chi connectivity index (χ4n) is 6.11. The zero-order chi connectivity index (χ0) is 43.6. The Hall–Kier alpha value is -5.05. The number of carbonyl (C=O) groups is 3. The number of hydrogen-bond acceptors (Lipinski definition) is 13. The second kappa shape index (κ2) is 23.8. The summed E-state index contributed by atoms with van der Waals surface area (Å²) in [4.78, 5) is 34.8. The Morgan fingerprint density at radius 1 is 0.787 bits per heavy atom. The summed E-state index contributed by atoms with van der Waals surface area (Å²) in [6.45, 7) is 4.13. The lowest BCUT2D eigenvalue weighted by atomic mass is 9.98. The first kappa shape index (κ1) is 47.0. The molecule has 1 aromatic heterocycles. The number of aliphatic hydroxyl groups is 1. The van der Waals surface area contributed by atoms with Crippen molar-refractivity contribution in [1.82, 2.24) is 10.0 Å². The van der Waals surface area contributed by atoms with E-state index in [2.05, 4.69) is 10.0 Å². The standard InChI is InChI=1S/C43H51FN2O14S/c1-45-42(49)40-36-25-35(30-6-7-30)33(24-39(36)60-41(40)32-8-10-34(44)11-9-32)28-61(52,53)46-12-13-54-14-15-55-16-17-56-18-19-57-20-21-58-22-23-59-27-29-2-4-31(5-3-29)37(47)26-38(48)43(50)51/h2-5,8-11,24-26,30,46-47H,6-7,12-23,27-28H2,1H3,(H,45,49)(H,50,51)/b37-26-. The number of benzene rings is 3. The summed E-state index contributed by atoms with van der Waals surface area (Å²) in [5.74, 6) is -3.87. The van der Waals surface area contributed by atoms with E-state index in [1.54, 1.807) is 30.3 Å². The summed E-state index contributed by atoms with van der Waals surface area (Å²) in [5, 5.41) is 21.7. The van der Waals surface area contributed by atoms with Gasteiger partial charge in [-0.2, -0.15) is 0 Å². The number of sulfonamides is 1. The maximum Gasteiger partial charge on any atom is 0.376 e. The van der Waals surface area contributed by atoms with E-state index < -0.39 is 33.4 Å². The quantitative estimate of drug-likeness (QED) is 0.0251. The molecular formula is C43H51FN2O14S. The van der Waals surface area contributed by atoms with Crippen molar-refractivity contribution in [1.29, 1.82) is 0 Å². The molecule has 4 N–H and O–H groups in total. The molecule has 1 amide bonds. The Balaban J connectivity index is 0.872. The summed E-state index contributed by atoms with van der Waals surface area (Å²) >= 11 is 0. The van der Waals surface area contributed by atoms with Crippen molar-refractivity contribution < 1.29 is 70.2 Å².